The van der Waals surface area contributed by atoms with E-state index in [1.54, 1.807) is 23.9 Å². The number of hydrogen-bond donors (Lipinski definition) is 6. The Morgan fingerprint density at radius 3 is 1.42 bits per heavy atom. The molecule has 0 aromatic rings. The maximum Gasteiger partial charge on any atom is 0.220 e. The zero-order valence-corrected chi connectivity index (χ0v) is 11.2. The largest absolute Gasteiger partial charge is 0.370 e. The van der Waals surface area contributed by atoms with Crippen LogP contribution in [0.4, 0.5) is 0 Å². The number of nitrogens with two attached hydrogens (primary N) is 4. The smallest absolute Gasteiger partial charge is 0.220 e. The average Bonchev–Trinajstić information content (AvgIpc) is 2.26. The van der Waals surface area contributed by atoms with Crippen molar-refractivity contribution in [2.75, 3.05) is 27.2 Å². The van der Waals surface area contributed by atoms with E-state index in [0.29, 0.717) is 19.5 Å². The summed E-state index contributed by atoms with van der Waals surface area (Å²) >= 11 is 0. The van der Waals surface area contributed by atoms with E-state index in [0.717, 1.165) is 0 Å². The van der Waals surface area contributed by atoms with Crippen LogP contribution in [0.1, 0.15) is 6.42 Å². The summed E-state index contributed by atoms with van der Waals surface area (Å²) in [6, 6.07) is 0. The van der Waals surface area contributed by atoms with Crippen LogP contribution in [-0.2, 0) is 0 Å². The van der Waals surface area contributed by atoms with Gasteiger partial charge in [-0.1, -0.05) is 0 Å². The quantitative estimate of drug-likeness (QED) is 0.245. The number of guanidine groups is 4. The Balaban J connectivity index is 4.10. The Morgan fingerprint density at radius 1 is 0.842 bits per heavy atom. The molecule has 0 rings (SSSR count). The van der Waals surface area contributed by atoms with Crippen molar-refractivity contribution in [2.24, 2.45) is 32.9 Å². The van der Waals surface area contributed by atoms with Crippen molar-refractivity contribution in [3.05, 3.63) is 0 Å². The van der Waals surface area contributed by atoms with Crippen LogP contribution in [0.15, 0.2) is 9.98 Å². The molecule has 0 aliphatic rings. The van der Waals surface area contributed by atoms with Crippen LogP contribution in [0.5, 0.6) is 0 Å². The highest BCUT2D eigenvalue weighted by Crippen LogP contribution is 1.94. The lowest BCUT2D eigenvalue weighted by atomic mass is 10.4. The summed E-state index contributed by atoms with van der Waals surface area (Å²) in [7, 11) is 3.41. The van der Waals surface area contributed by atoms with Crippen molar-refractivity contribution in [1.29, 1.82) is 10.8 Å². The highest BCUT2D eigenvalue weighted by Gasteiger charge is 2.06. The third kappa shape index (κ3) is 7.41. The van der Waals surface area contributed by atoms with Crippen LogP contribution in [0.3, 0.4) is 0 Å². The molecule has 10 N–H and O–H groups in total. The molecule has 0 fully saturated rings. The SMILES string of the molecule is CN(CCCN(C)C(=N)N=C(N)N)C(=N)N=C(N)N. The van der Waals surface area contributed by atoms with Gasteiger partial charge in [0.05, 0.1) is 0 Å². The minimum atomic E-state index is -0.150. The van der Waals surface area contributed by atoms with E-state index in [1.165, 1.54) is 0 Å². The second-order valence-electron chi connectivity index (χ2n) is 3.92. The number of hydrogen-bond acceptors (Lipinski definition) is 2. The molecule has 0 radical (unpaired) electrons. The summed E-state index contributed by atoms with van der Waals surface area (Å²) in [5.74, 6) is -0.323. The van der Waals surface area contributed by atoms with Gasteiger partial charge in [-0.25, -0.2) is 0 Å². The van der Waals surface area contributed by atoms with Gasteiger partial charge < -0.3 is 32.7 Å². The monoisotopic (exact) mass is 270 g/mol. The third-order valence-electron chi connectivity index (χ3n) is 2.18. The van der Waals surface area contributed by atoms with Gasteiger partial charge in [0.1, 0.15) is 0 Å². The van der Waals surface area contributed by atoms with Gasteiger partial charge >= 0.3 is 0 Å². The lowest BCUT2D eigenvalue weighted by Crippen LogP contribution is -2.34. The van der Waals surface area contributed by atoms with Gasteiger partial charge in [-0.05, 0) is 6.42 Å². The highest BCUT2D eigenvalue weighted by atomic mass is 15.3. The van der Waals surface area contributed by atoms with E-state index in [2.05, 4.69) is 9.98 Å². The number of nitrogens with one attached hydrogen (secondary N) is 2. The third-order valence-corrected chi connectivity index (χ3v) is 2.18. The van der Waals surface area contributed by atoms with Crippen molar-refractivity contribution in [3.8, 4) is 0 Å². The van der Waals surface area contributed by atoms with E-state index in [4.69, 9.17) is 33.8 Å². The molecule has 0 aromatic carbocycles. The molecule has 108 valence electrons. The van der Waals surface area contributed by atoms with Crippen molar-refractivity contribution >= 4 is 23.8 Å². The summed E-state index contributed by atoms with van der Waals surface area (Å²) in [5.41, 5.74) is 20.7. The molecule has 0 aliphatic heterocycles. The molecule has 0 atom stereocenters. The fourth-order valence-corrected chi connectivity index (χ4v) is 1.17. The van der Waals surface area contributed by atoms with Crippen molar-refractivity contribution in [1.82, 2.24) is 9.80 Å². The molecular formula is C9H22N10. The van der Waals surface area contributed by atoms with Crippen molar-refractivity contribution in [2.45, 2.75) is 6.42 Å². The van der Waals surface area contributed by atoms with Gasteiger partial charge in [0, 0.05) is 27.2 Å². The fraction of sp³-hybridized carbons (Fsp3) is 0.556. The Morgan fingerprint density at radius 2 is 1.16 bits per heavy atom. The molecule has 0 heterocycles. The van der Waals surface area contributed by atoms with Crippen LogP contribution < -0.4 is 22.9 Å². The van der Waals surface area contributed by atoms with E-state index in [9.17, 15) is 0 Å². The number of aliphatic imine (C=N–C) groups is 2. The van der Waals surface area contributed by atoms with E-state index >= 15 is 0 Å². The standard InChI is InChI=1S/C9H22N10/c1-18(8(14)16-6(10)11)4-3-5-19(2)9(15)17-7(12)13/h3-5H2,1-2H3,(H5,10,11,14,16)(H5,12,13,15,17). The molecule has 10 nitrogen and oxygen atoms in total. The molecule has 0 saturated carbocycles. The molecule has 0 aliphatic carbocycles. The first-order valence-corrected chi connectivity index (χ1v) is 5.52. The molecule has 0 aromatic heterocycles. The highest BCUT2D eigenvalue weighted by molar-refractivity contribution is 5.92. The minimum absolute atomic E-state index is 0.0121. The first-order valence-electron chi connectivity index (χ1n) is 5.52. The van der Waals surface area contributed by atoms with Gasteiger partial charge in [0.15, 0.2) is 11.9 Å². The van der Waals surface area contributed by atoms with Crippen LogP contribution in [-0.4, -0.2) is 60.8 Å². The lowest BCUT2D eigenvalue weighted by molar-refractivity contribution is 0.416. The number of nitrogens with zero attached hydrogens (tertiary/aromatic N) is 4. The van der Waals surface area contributed by atoms with Crippen LogP contribution in [0.2, 0.25) is 0 Å². The second-order valence-corrected chi connectivity index (χ2v) is 3.92. The van der Waals surface area contributed by atoms with Gasteiger partial charge in [0.25, 0.3) is 0 Å². The fourth-order valence-electron chi connectivity index (χ4n) is 1.17. The molecule has 0 amide bonds. The molecule has 0 bridgehead atoms. The number of rotatable bonds is 4. The van der Waals surface area contributed by atoms with Gasteiger partial charge in [0.2, 0.25) is 11.9 Å². The van der Waals surface area contributed by atoms with E-state index < -0.39 is 0 Å². The van der Waals surface area contributed by atoms with E-state index in [-0.39, 0.29) is 23.8 Å². The van der Waals surface area contributed by atoms with Crippen molar-refractivity contribution < 1.29 is 0 Å². The first-order chi connectivity index (χ1) is 8.73. The Hall–Kier alpha value is -2.52. The molecular weight excluding hydrogens is 248 g/mol. The Kier molecular flexibility index (Phi) is 6.71. The maximum atomic E-state index is 7.56. The van der Waals surface area contributed by atoms with Crippen LogP contribution in [0, 0.1) is 10.8 Å². The van der Waals surface area contributed by atoms with Crippen molar-refractivity contribution in [3.63, 3.8) is 0 Å². The van der Waals surface area contributed by atoms with Crippen LogP contribution in [0.25, 0.3) is 0 Å². The van der Waals surface area contributed by atoms with Gasteiger partial charge in [-0.3, -0.25) is 10.8 Å². The minimum Gasteiger partial charge on any atom is -0.370 e. The zero-order chi connectivity index (χ0) is 15.0. The second kappa shape index (κ2) is 7.74. The first kappa shape index (κ1) is 16.5. The zero-order valence-electron chi connectivity index (χ0n) is 11.2. The summed E-state index contributed by atoms with van der Waals surface area (Å²) in [5, 5.41) is 15.1. The van der Waals surface area contributed by atoms with Crippen LogP contribution >= 0.6 is 0 Å². The Bertz CT molecular complexity index is 340. The molecule has 10 heteroatoms. The summed E-state index contributed by atoms with van der Waals surface area (Å²) in [4.78, 5) is 10.4. The predicted octanol–water partition coefficient (Wildman–Crippen LogP) is -2.34. The summed E-state index contributed by atoms with van der Waals surface area (Å²) in [6.07, 6.45) is 0.692. The average molecular weight is 270 g/mol. The van der Waals surface area contributed by atoms with Gasteiger partial charge in [-0.15, -0.1) is 0 Å². The van der Waals surface area contributed by atoms with E-state index in [1.807, 2.05) is 0 Å². The summed E-state index contributed by atoms with van der Waals surface area (Å²) in [6.45, 7) is 1.13. The summed E-state index contributed by atoms with van der Waals surface area (Å²) < 4.78 is 0. The predicted molar refractivity (Wildman–Crippen MR) is 77.0 cm³/mol. The molecule has 19 heavy (non-hydrogen) atoms. The normalized spacial score (nSPS) is 9.37. The molecule has 0 saturated heterocycles. The molecule has 0 spiro atoms. The van der Waals surface area contributed by atoms with Gasteiger partial charge in [-0.2, -0.15) is 9.98 Å². The topological polar surface area (TPSA) is 183 Å². The Labute approximate surface area is 112 Å². The molecule has 0 unspecified atom stereocenters. The lowest BCUT2D eigenvalue weighted by Gasteiger charge is -2.20. The maximum absolute atomic E-state index is 7.56.